The molecule has 156 valence electrons. The van der Waals surface area contributed by atoms with Gasteiger partial charge in [-0.2, -0.15) is 10.2 Å². The van der Waals surface area contributed by atoms with Crippen LogP contribution < -0.4 is 14.8 Å². The van der Waals surface area contributed by atoms with E-state index in [1.54, 1.807) is 12.1 Å². The summed E-state index contributed by atoms with van der Waals surface area (Å²) in [7, 11) is 0. The normalized spacial score (nSPS) is 10.5. The van der Waals surface area contributed by atoms with Gasteiger partial charge in [-0.1, -0.05) is 18.2 Å². The summed E-state index contributed by atoms with van der Waals surface area (Å²) >= 11 is 0. The molecule has 0 unspecified atom stereocenters. The molecule has 0 spiro atoms. The number of hydrogen-bond acceptors (Lipinski definition) is 7. The molecular formula is C24H21N3O4. The number of oxazole rings is 1. The zero-order valence-electron chi connectivity index (χ0n) is 17.2. The number of anilines is 2. The third-order valence-electron chi connectivity index (χ3n) is 4.49. The first-order chi connectivity index (χ1) is 15.2. The second-order valence-electron chi connectivity index (χ2n) is 6.71. The van der Waals surface area contributed by atoms with Gasteiger partial charge >= 0.3 is 0 Å². The van der Waals surface area contributed by atoms with Crippen LogP contribution in [0.5, 0.6) is 11.5 Å². The minimum Gasteiger partial charge on any atom is -0.494 e. The Balaban J connectivity index is 1.47. The molecule has 0 aliphatic rings. The van der Waals surface area contributed by atoms with E-state index in [1.807, 2.05) is 68.4 Å². The Morgan fingerprint density at radius 3 is 2.55 bits per heavy atom. The van der Waals surface area contributed by atoms with Gasteiger partial charge in [0.25, 0.3) is 5.89 Å². The number of hydrogen-bond donors (Lipinski definition) is 1. The van der Waals surface area contributed by atoms with Gasteiger partial charge in [0, 0.05) is 5.69 Å². The van der Waals surface area contributed by atoms with Crippen LogP contribution in [0.3, 0.4) is 0 Å². The van der Waals surface area contributed by atoms with Crippen LogP contribution in [0.4, 0.5) is 11.6 Å². The van der Waals surface area contributed by atoms with Crippen molar-refractivity contribution in [2.75, 3.05) is 11.9 Å². The fourth-order valence-corrected chi connectivity index (χ4v) is 2.96. The number of nitrogens with one attached hydrogen (secondary N) is 1. The lowest BCUT2D eigenvalue weighted by Crippen LogP contribution is -1.95. The molecule has 0 aliphatic heterocycles. The van der Waals surface area contributed by atoms with Crippen molar-refractivity contribution in [2.24, 2.45) is 0 Å². The summed E-state index contributed by atoms with van der Waals surface area (Å²) < 4.78 is 22.8. The molecule has 0 bridgehead atoms. The van der Waals surface area contributed by atoms with E-state index >= 15 is 0 Å². The molecule has 0 saturated carbocycles. The van der Waals surface area contributed by atoms with Crippen molar-refractivity contribution in [3.63, 3.8) is 0 Å². The molecule has 4 aromatic rings. The van der Waals surface area contributed by atoms with Crippen LogP contribution in [0.15, 0.2) is 69.5 Å². The first-order valence-corrected chi connectivity index (χ1v) is 9.84. The fraction of sp³-hybridized carbons (Fsp3) is 0.167. The smallest absolute Gasteiger partial charge is 0.266 e. The molecule has 0 saturated heterocycles. The zero-order chi connectivity index (χ0) is 21.6. The Kier molecular flexibility index (Phi) is 5.90. The topological polar surface area (TPSA) is 93.4 Å². The standard InChI is InChI=1S/C24H21N3O4/c1-3-28-18-10-8-17(9-11-18)26-23-20(14-25)27-24(31-23)22-13-12-19(30-22)15-29-21-7-5-4-6-16(21)2/h4-13,26H,3,15H2,1-2H3. The van der Waals surface area contributed by atoms with Crippen LogP contribution in [-0.2, 0) is 6.61 Å². The van der Waals surface area contributed by atoms with Crippen LogP contribution in [0.25, 0.3) is 11.7 Å². The average Bonchev–Trinajstić information content (AvgIpc) is 3.41. The highest BCUT2D eigenvalue weighted by Crippen LogP contribution is 2.30. The zero-order valence-corrected chi connectivity index (χ0v) is 17.2. The van der Waals surface area contributed by atoms with Gasteiger partial charge < -0.3 is 23.6 Å². The molecule has 0 amide bonds. The molecule has 0 aliphatic carbocycles. The van der Waals surface area contributed by atoms with E-state index in [0.29, 0.717) is 18.1 Å². The Morgan fingerprint density at radius 2 is 1.81 bits per heavy atom. The molecule has 7 nitrogen and oxygen atoms in total. The van der Waals surface area contributed by atoms with E-state index in [-0.39, 0.29) is 24.1 Å². The van der Waals surface area contributed by atoms with E-state index in [4.69, 9.17) is 18.3 Å². The summed E-state index contributed by atoms with van der Waals surface area (Å²) in [6.45, 7) is 4.78. The van der Waals surface area contributed by atoms with Crippen LogP contribution in [0.2, 0.25) is 0 Å². The fourth-order valence-electron chi connectivity index (χ4n) is 2.96. The maximum absolute atomic E-state index is 9.43. The molecule has 4 rings (SSSR count). The average molecular weight is 415 g/mol. The van der Waals surface area contributed by atoms with Gasteiger partial charge in [0.15, 0.2) is 5.76 Å². The third kappa shape index (κ3) is 4.70. The van der Waals surface area contributed by atoms with Gasteiger partial charge in [0.2, 0.25) is 11.6 Å². The van der Waals surface area contributed by atoms with Crippen molar-refractivity contribution in [3.05, 3.63) is 77.7 Å². The lowest BCUT2D eigenvalue weighted by atomic mass is 10.2. The minimum atomic E-state index is 0.137. The van der Waals surface area contributed by atoms with E-state index < -0.39 is 0 Å². The number of aryl methyl sites for hydroxylation is 1. The predicted octanol–water partition coefficient (Wildman–Crippen LogP) is 5.84. The third-order valence-corrected chi connectivity index (χ3v) is 4.49. The highest BCUT2D eigenvalue weighted by Gasteiger charge is 2.18. The molecule has 0 radical (unpaired) electrons. The molecule has 0 fully saturated rings. The second kappa shape index (κ2) is 9.09. The van der Waals surface area contributed by atoms with E-state index in [9.17, 15) is 5.26 Å². The lowest BCUT2D eigenvalue weighted by Gasteiger charge is -2.06. The van der Waals surface area contributed by atoms with Gasteiger partial charge in [-0.15, -0.1) is 0 Å². The highest BCUT2D eigenvalue weighted by molar-refractivity contribution is 5.62. The highest BCUT2D eigenvalue weighted by atomic mass is 16.5. The summed E-state index contributed by atoms with van der Waals surface area (Å²) in [5, 5.41) is 12.5. The molecule has 2 aromatic carbocycles. The molecule has 2 aromatic heterocycles. The van der Waals surface area contributed by atoms with Crippen molar-refractivity contribution >= 4 is 11.6 Å². The number of rotatable bonds is 8. The molecule has 7 heteroatoms. The summed E-state index contributed by atoms with van der Waals surface area (Å²) in [6.07, 6.45) is 0. The number of para-hydroxylation sites is 1. The predicted molar refractivity (Wildman–Crippen MR) is 115 cm³/mol. The molecule has 31 heavy (non-hydrogen) atoms. The number of benzene rings is 2. The van der Waals surface area contributed by atoms with Gasteiger partial charge in [0.05, 0.1) is 6.61 Å². The summed E-state index contributed by atoms with van der Waals surface area (Å²) in [6, 6.07) is 20.7. The van der Waals surface area contributed by atoms with Gasteiger partial charge in [-0.05, 0) is 61.9 Å². The summed E-state index contributed by atoms with van der Waals surface area (Å²) in [4.78, 5) is 4.24. The maximum Gasteiger partial charge on any atom is 0.266 e. The molecule has 2 heterocycles. The first-order valence-electron chi connectivity index (χ1n) is 9.84. The quantitative estimate of drug-likeness (QED) is 0.386. The Bertz CT molecular complexity index is 1200. The van der Waals surface area contributed by atoms with Crippen molar-refractivity contribution in [3.8, 4) is 29.2 Å². The van der Waals surface area contributed by atoms with Gasteiger partial charge in [-0.25, -0.2) is 0 Å². The Morgan fingerprint density at radius 1 is 1.00 bits per heavy atom. The van der Waals surface area contributed by atoms with Crippen LogP contribution >= 0.6 is 0 Å². The van der Waals surface area contributed by atoms with Crippen molar-refractivity contribution < 1.29 is 18.3 Å². The number of ether oxygens (including phenoxy) is 2. The second-order valence-corrected chi connectivity index (χ2v) is 6.71. The maximum atomic E-state index is 9.43. The largest absolute Gasteiger partial charge is 0.494 e. The molecular weight excluding hydrogens is 394 g/mol. The molecule has 0 atom stereocenters. The van der Waals surface area contributed by atoms with Gasteiger partial charge in [0.1, 0.15) is 29.9 Å². The number of nitrogens with zero attached hydrogens (tertiary/aromatic N) is 2. The summed E-state index contributed by atoms with van der Waals surface area (Å²) in [5.41, 5.74) is 1.93. The summed E-state index contributed by atoms with van der Waals surface area (Å²) in [5.74, 6) is 3.06. The Labute approximate surface area is 179 Å². The van der Waals surface area contributed by atoms with E-state index in [0.717, 1.165) is 22.7 Å². The Hall–Kier alpha value is -4.18. The number of aromatic nitrogens is 1. The van der Waals surface area contributed by atoms with Crippen LogP contribution in [0.1, 0.15) is 23.9 Å². The SMILES string of the molecule is CCOc1ccc(Nc2oc(-c3ccc(COc4ccccc4C)o3)nc2C#N)cc1. The van der Waals surface area contributed by atoms with Crippen LogP contribution in [-0.4, -0.2) is 11.6 Å². The first kappa shape index (κ1) is 20.1. The monoisotopic (exact) mass is 415 g/mol. The number of nitriles is 1. The van der Waals surface area contributed by atoms with E-state index in [1.165, 1.54) is 0 Å². The van der Waals surface area contributed by atoms with Crippen molar-refractivity contribution in [1.82, 2.24) is 4.98 Å². The van der Waals surface area contributed by atoms with E-state index in [2.05, 4.69) is 10.3 Å². The van der Waals surface area contributed by atoms with Crippen molar-refractivity contribution in [1.29, 1.82) is 5.26 Å². The lowest BCUT2D eigenvalue weighted by molar-refractivity contribution is 0.269. The van der Waals surface area contributed by atoms with Crippen LogP contribution in [0, 0.1) is 18.3 Å². The minimum absolute atomic E-state index is 0.137. The molecule has 1 N–H and O–H groups in total. The number of furan rings is 1. The van der Waals surface area contributed by atoms with Crippen molar-refractivity contribution in [2.45, 2.75) is 20.5 Å². The van der Waals surface area contributed by atoms with Gasteiger partial charge in [-0.3, -0.25) is 0 Å².